The number of halogens is 2. The second kappa shape index (κ2) is 8.45. The molecule has 0 fully saturated rings. The molecular formula is C18H17ClFNO3. The van der Waals surface area contributed by atoms with Gasteiger partial charge in [-0.25, -0.2) is 9.18 Å². The fourth-order valence-electron chi connectivity index (χ4n) is 2.27. The van der Waals surface area contributed by atoms with E-state index in [1.165, 1.54) is 25.3 Å². The largest absolute Gasteiger partial charge is 0.467 e. The third-order valence-electron chi connectivity index (χ3n) is 3.43. The van der Waals surface area contributed by atoms with E-state index < -0.39 is 17.8 Å². The Hall–Kier alpha value is -2.40. The Morgan fingerprint density at radius 2 is 1.88 bits per heavy atom. The molecule has 0 aliphatic heterocycles. The molecule has 0 bridgehead atoms. The van der Waals surface area contributed by atoms with Crippen LogP contribution in [0.2, 0.25) is 5.02 Å². The Balaban J connectivity index is 2.03. The van der Waals surface area contributed by atoms with Gasteiger partial charge in [0.1, 0.15) is 11.9 Å². The summed E-state index contributed by atoms with van der Waals surface area (Å²) >= 11 is 5.83. The maximum Gasteiger partial charge on any atom is 0.328 e. The molecular weight excluding hydrogens is 333 g/mol. The quantitative estimate of drug-likeness (QED) is 0.816. The van der Waals surface area contributed by atoms with Crippen molar-refractivity contribution < 1.29 is 18.7 Å². The number of rotatable bonds is 6. The summed E-state index contributed by atoms with van der Waals surface area (Å²) in [5.74, 6) is -1.34. The first-order chi connectivity index (χ1) is 11.5. The van der Waals surface area contributed by atoms with Crippen molar-refractivity contribution in [2.24, 2.45) is 0 Å². The lowest BCUT2D eigenvalue weighted by atomic mass is 10.1. The zero-order valence-electron chi connectivity index (χ0n) is 13.1. The van der Waals surface area contributed by atoms with Crippen LogP contribution >= 0.6 is 11.6 Å². The molecule has 0 spiro atoms. The minimum absolute atomic E-state index is 0.0220. The van der Waals surface area contributed by atoms with E-state index in [2.05, 4.69) is 5.32 Å². The summed E-state index contributed by atoms with van der Waals surface area (Å²) < 4.78 is 17.9. The maximum absolute atomic E-state index is 13.2. The number of amides is 1. The highest BCUT2D eigenvalue weighted by Gasteiger charge is 2.22. The van der Waals surface area contributed by atoms with Gasteiger partial charge in [-0.1, -0.05) is 35.9 Å². The third-order valence-corrected chi connectivity index (χ3v) is 3.68. The molecule has 0 aliphatic carbocycles. The average Bonchev–Trinajstić information content (AvgIpc) is 2.55. The number of benzene rings is 2. The van der Waals surface area contributed by atoms with Gasteiger partial charge in [0, 0.05) is 11.4 Å². The van der Waals surface area contributed by atoms with E-state index in [-0.39, 0.29) is 18.7 Å². The van der Waals surface area contributed by atoms with Crippen molar-refractivity contribution in [2.45, 2.75) is 18.9 Å². The summed E-state index contributed by atoms with van der Waals surface area (Å²) in [6, 6.07) is 11.9. The van der Waals surface area contributed by atoms with Crippen LogP contribution in [0.4, 0.5) is 4.39 Å². The van der Waals surface area contributed by atoms with Crippen LogP contribution in [-0.4, -0.2) is 25.0 Å². The highest BCUT2D eigenvalue weighted by atomic mass is 35.5. The summed E-state index contributed by atoms with van der Waals surface area (Å²) in [5, 5.41) is 3.22. The monoisotopic (exact) mass is 349 g/mol. The van der Waals surface area contributed by atoms with E-state index in [0.29, 0.717) is 10.6 Å². The molecule has 0 unspecified atom stereocenters. The molecule has 6 heteroatoms. The minimum atomic E-state index is -0.822. The summed E-state index contributed by atoms with van der Waals surface area (Å²) in [6.07, 6.45) is 0.255. The fourth-order valence-corrected chi connectivity index (χ4v) is 2.40. The van der Waals surface area contributed by atoms with Gasteiger partial charge < -0.3 is 10.1 Å². The van der Waals surface area contributed by atoms with Gasteiger partial charge >= 0.3 is 5.97 Å². The van der Waals surface area contributed by atoms with Gasteiger partial charge in [-0.05, 0) is 35.4 Å². The lowest BCUT2D eigenvalue weighted by Crippen LogP contribution is -2.43. The first-order valence-electron chi connectivity index (χ1n) is 7.34. The van der Waals surface area contributed by atoms with Gasteiger partial charge in [0.25, 0.3) is 0 Å². The smallest absolute Gasteiger partial charge is 0.328 e. The van der Waals surface area contributed by atoms with Crippen LogP contribution in [0.5, 0.6) is 0 Å². The van der Waals surface area contributed by atoms with E-state index in [9.17, 15) is 14.0 Å². The molecule has 24 heavy (non-hydrogen) atoms. The van der Waals surface area contributed by atoms with Gasteiger partial charge in [0.2, 0.25) is 5.91 Å². The summed E-state index contributed by atoms with van der Waals surface area (Å²) in [6.45, 7) is 0. The zero-order chi connectivity index (χ0) is 17.5. The van der Waals surface area contributed by atoms with Crippen LogP contribution in [0.25, 0.3) is 0 Å². The van der Waals surface area contributed by atoms with Crippen LogP contribution in [0.15, 0.2) is 48.5 Å². The second-order valence-corrected chi connectivity index (χ2v) is 5.72. The molecule has 4 nitrogen and oxygen atoms in total. The molecule has 1 atom stereocenters. The zero-order valence-corrected chi connectivity index (χ0v) is 13.8. The van der Waals surface area contributed by atoms with Crippen molar-refractivity contribution in [2.75, 3.05) is 7.11 Å². The van der Waals surface area contributed by atoms with E-state index in [1.807, 2.05) is 0 Å². The number of carbonyl (C=O) groups is 2. The molecule has 0 saturated heterocycles. The number of carbonyl (C=O) groups excluding carboxylic acids is 2. The Bertz CT molecular complexity index is 718. The van der Waals surface area contributed by atoms with Gasteiger partial charge in [-0.15, -0.1) is 0 Å². The number of nitrogens with one attached hydrogen (secondary N) is 1. The van der Waals surface area contributed by atoms with E-state index >= 15 is 0 Å². The minimum Gasteiger partial charge on any atom is -0.467 e. The number of esters is 1. The van der Waals surface area contributed by atoms with Gasteiger partial charge in [-0.3, -0.25) is 4.79 Å². The summed E-state index contributed by atoms with van der Waals surface area (Å²) in [4.78, 5) is 24.0. The van der Waals surface area contributed by atoms with E-state index in [0.717, 1.165) is 5.56 Å². The highest BCUT2D eigenvalue weighted by molar-refractivity contribution is 6.30. The van der Waals surface area contributed by atoms with E-state index in [1.54, 1.807) is 30.3 Å². The first-order valence-corrected chi connectivity index (χ1v) is 7.72. The molecule has 2 aromatic carbocycles. The molecule has 0 aromatic heterocycles. The lowest BCUT2D eigenvalue weighted by Gasteiger charge is -2.17. The van der Waals surface area contributed by atoms with Crippen molar-refractivity contribution in [1.82, 2.24) is 5.32 Å². The van der Waals surface area contributed by atoms with Crippen molar-refractivity contribution in [1.29, 1.82) is 0 Å². The average molecular weight is 350 g/mol. The molecule has 1 N–H and O–H groups in total. The molecule has 0 saturated carbocycles. The van der Waals surface area contributed by atoms with E-state index in [4.69, 9.17) is 16.3 Å². The number of hydrogen-bond donors (Lipinski definition) is 1. The first kappa shape index (κ1) is 17.9. The third kappa shape index (κ3) is 5.35. The molecule has 1 amide bonds. The van der Waals surface area contributed by atoms with Crippen LogP contribution < -0.4 is 5.32 Å². The van der Waals surface area contributed by atoms with Crippen LogP contribution in [0, 0.1) is 5.82 Å². The van der Waals surface area contributed by atoms with Crippen LogP contribution in [-0.2, 0) is 27.2 Å². The summed E-state index contributed by atoms with van der Waals surface area (Å²) in [7, 11) is 1.26. The lowest BCUT2D eigenvalue weighted by molar-refractivity contribution is -0.145. The Morgan fingerprint density at radius 1 is 1.17 bits per heavy atom. The summed E-state index contributed by atoms with van der Waals surface area (Å²) in [5.41, 5.74) is 1.36. The molecule has 126 valence electrons. The van der Waals surface area contributed by atoms with Crippen molar-refractivity contribution >= 4 is 23.5 Å². The van der Waals surface area contributed by atoms with Crippen molar-refractivity contribution in [3.05, 3.63) is 70.5 Å². The normalized spacial score (nSPS) is 11.6. The van der Waals surface area contributed by atoms with Gasteiger partial charge in [0.15, 0.2) is 0 Å². The second-order valence-electron chi connectivity index (χ2n) is 5.28. The molecule has 2 rings (SSSR count). The fraction of sp³-hybridized carbons (Fsp3) is 0.222. The van der Waals surface area contributed by atoms with Gasteiger partial charge in [0.05, 0.1) is 13.5 Å². The Labute approximate surface area is 144 Å². The predicted molar refractivity (Wildman–Crippen MR) is 89.2 cm³/mol. The molecule has 2 aromatic rings. The molecule has 0 aliphatic rings. The molecule has 0 heterocycles. The number of ether oxygens (including phenoxy) is 1. The van der Waals surface area contributed by atoms with Crippen LogP contribution in [0.3, 0.4) is 0 Å². The van der Waals surface area contributed by atoms with Crippen LogP contribution in [0.1, 0.15) is 11.1 Å². The van der Waals surface area contributed by atoms with Gasteiger partial charge in [-0.2, -0.15) is 0 Å². The maximum atomic E-state index is 13.2. The van der Waals surface area contributed by atoms with Crippen molar-refractivity contribution in [3.63, 3.8) is 0 Å². The standard InChI is InChI=1S/C18H17ClFNO3/c1-24-18(23)16(10-12-5-7-14(19)8-6-12)21-17(22)11-13-3-2-4-15(20)9-13/h2-9,16H,10-11H2,1H3,(H,21,22)/t16-/m1/s1. The molecule has 0 radical (unpaired) electrons. The SMILES string of the molecule is COC(=O)[C@@H](Cc1ccc(Cl)cc1)NC(=O)Cc1cccc(F)c1. The predicted octanol–water partition coefficient (Wildman–Crippen LogP) is 2.92. The topological polar surface area (TPSA) is 55.4 Å². The number of methoxy groups -OCH3 is 1. The Kier molecular flexibility index (Phi) is 6.32. The Morgan fingerprint density at radius 3 is 2.50 bits per heavy atom. The highest BCUT2D eigenvalue weighted by Crippen LogP contribution is 2.12. The van der Waals surface area contributed by atoms with Crippen molar-refractivity contribution in [3.8, 4) is 0 Å². The number of hydrogen-bond acceptors (Lipinski definition) is 3.